The molecule has 3 aliphatic heterocycles. The Morgan fingerprint density at radius 1 is 1.32 bits per heavy atom. The molecule has 0 aliphatic carbocycles. The zero-order valence-corrected chi connectivity index (χ0v) is 13.7. The Labute approximate surface area is 144 Å². The third-order valence-corrected chi connectivity index (χ3v) is 5.10. The van der Waals surface area contributed by atoms with Crippen LogP contribution in [0.2, 0.25) is 0 Å². The van der Waals surface area contributed by atoms with Gasteiger partial charge in [0.1, 0.15) is 31.1 Å². The van der Waals surface area contributed by atoms with Crippen LogP contribution < -0.4 is 10.0 Å². The van der Waals surface area contributed by atoms with Crippen LogP contribution in [-0.4, -0.2) is 82.4 Å². The van der Waals surface area contributed by atoms with Crippen molar-refractivity contribution in [3.05, 3.63) is 23.9 Å². The minimum atomic E-state index is -1.77. The van der Waals surface area contributed by atoms with Gasteiger partial charge in [0.05, 0.1) is 12.0 Å². The zero-order chi connectivity index (χ0) is 18.3. The van der Waals surface area contributed by atoms with Crippen molar-refractivity contribution < 1.29 is 39.7 Å². The summed E-state index contributed by atoms with van der Waals surface area (Å²) in [6.07, 6.45) is -1.07. The quantitative estimate of drug-likeness (QED) is 0.401. The molecular formula is C16H22N2O7. The number of aliphatic hydroxyl groups excluding tert-OH is 3. The Morgan fingerprint density at radius 2 is 2.04 bits per heavy atom. The Bertz CT molecular complexity index is 620. The number of aliphatic carboxylic acids is 1. The van der Waals surface area contributed by atoms with Crippen molar-refractivity contribution in [1.29, 1.82) is 0 Å². The van der Waals surface area contributed by atoms with Gasteiger partial charge in [-0.2, -0.15) is 0 Å². The van der Waals surface area contributed by atoms with Crippen molar-refractivity contribution in [2.75, 3.05) is 13.6 Å². The molecule has 0 bridgehead atoms. The van der Waals surface area contributed by atoms with Crippen molar-refractivity contribution in [2.45, 2.75) is 49.5 Å². The molecule has 3 aliphatic rings. The van der Waals surface area contributed by atoms with Crippen molar-refractivity contribution in [3.8, 4) is 0 Å². The Morgan fingerprint density at radius 3 is 2.64 bits per heavy atom. The molecule has 1 amide bonds. The van der Waals surface area contributed by atoms with Crippen molar-refractivity contribution in [3.63, 3.8) is 0 Å². The molecule has 0 saturated carbocycles. The number of carbonyl (C=O) groups excluding carboxylic acids is 2. The van der Waals surface area contributed by atoms with Gasteiger partial charge in [-0.3, -0.25) is 9.69 Å². The second-order valence-electron chi connectivity index (χ2n) is 6.65. The molecule has 0 aromatic rings. The molecule has 3 heterocycles. The maximum Gasteiger partial charge on any atom is 0.226 e. The molecule has 3 rings (SSSR count). The predicted molar refractivity (Wildman–Crippen MR) is 80.5 cm³/mol. The molecule has 0 aromatic carbocycles. The fourth-order valence-corrected chi connectivity index (χ4v) is 3.63. The number of carboxylic acid groups (broad SMARTS) is 1. The fraction of sp³-hybridized carbons (Fsp3) is 0.625. The number of likely N-dealkylation sites (tertiary alicyclic amines) is 1. The third-order valence-electron chi connectivity index (χ3n) is 5.10. The van der Waals surface area contributed by atoms with E-state index in [1.807, 2.05) is 12.2 Å². The summed E-state index contributed by atoms with van der Waals surface area (Å²) in [6.45, 7) is 0.401. The van der Waals surface area contributed by atoms with Crippen LogP contribution in [0.15, 0.2) is 23.9 Å². The van der Waals surface area contributed by atoms with E-state index in [0.29, 0.717) is 24.3 Å². The molecule has 9 heteroatoms. The number of amides is 1. The summed E-state index contributed by atoms with van der Waals surface area (Å²) >= 11 is 0. The molecule has 25 heavy (non-hydrogen) atoms. The molecule has 7 atom stereocenters. The van der Waals surface area contributed by atoms with Gasteiger partial charge in [-0.15, -0.1) is 0 Å². The summed E-state index contributed by atoms with van der Waals surface area (Å²) in [5.41, 5.74) is 0.857. The molecule has 0 radical (unpaired) electrons. The molecule has 0 aromatic heterocycles. The molecule has 138 valence electrons. The van der Waals surface area contributed by atoms with Crippen LogP contribution >= 0.6 is 0 Å². The van der Waals surface area contributed by atoms with Crippen molar-refractivity contribution in [2.24, 2.45) is 0 Å². The summed E-state index contributed by atoms with van der Waals surface area (Å²) in [7, 11) is 1.72. The van der Waals surface area contributed by atoms with Crippen LogP contribution in [0.5, 0.6) is 0 Å². The van der Waals surface area contributed by atoms with Crippen LogP contribution in [0.1, 0.15) is 12.8 Å². The van der Waals surface area contributed by atoms with Crippen molar-refractivity contribution in [1.82, 2.24) is 4.90 Å². The lowest BCUT2D eigenvalue weighted by atomic mass is 9.96. The minimum absolute atomic E-state index is 0.0518. The maximum absolute atomic E-state index is 11.7. The Hall–Kier alpha value is -1.78. The number of carbonyl (C=O) groups is 2. The minimum Gasteiger partial charge on any atom is -0.547 e. The summed E-state index contributed by atoms with van der Waals surface area (Å²) < 4.78 is 5.32. The summed E-state index contributed by atoms with van der Waals surface area (Å²) in [4.78, 5) is 25.1. The van der Waals surface area contributed by atoms with Crippen LogP contribution in [0.4, 0.5) is 0 Å². The summed E-state index contributed by atoms with van der Waals surface area (Å²) in [6, 6.07) is -0.0905. The van der Waals surface area contributed by atoms with Gasteiger partial charge >= 0.3 is 0 Å². The first-order valence-corrected chi connectivity index (χ1v) is 8.21. The van der Waals surface area contributed by atoms with Gasteiger partial charge in [0.25, 0.3) is 0 Å². The third kappa shape index (κ3) is 3.21. The average molecular weight is 354 g/mol. The van der Waals surface area contributed by atoms with E-state index in [4.69, 9.17) is 4.74 Å². The number of likely N-dealkylation sites (N-methyl/N-ethyl adjacent to an activating group) is 1. The van der Waals surface area contributed by atoms with Crippen molar-refractivity contribution >= 4 is 11.9 Å². The molecular weight excluding hydrogens is 332 g/mol. The highest BCUT2D eigenvalue weighted by atomic mass is 16.6. The van der Waals surface area contributed by atoms with Gasteiger partial charge in [0.15, 0.2) is 6.10 Å². The molecule has 9 nitrogen and oxygen atoms in total. The van der Waals surface area contributed by atoms with Gasteiger partial charge in [-0.1, -0.05) is 6.08 Å². The second-order valence-corrected chi connectivity index (χ2v) is 6.65. The highest BCUT2D eigenvalue weighted by Crippen LogP contribution is 2.24. The predicted octanol–water partition coefficient (Wildman–Crippen LogP) is -4.50. The van der Waals surface area contributed by atoms with Gasteiger partial charge in [0.2, 0.25) is 12.1 Å². The van der Waals surface area contributed by atoms with E-state index < -0.39 is 36.6 Å². The lowest BCUT2D eigenvalue weighted by Gasteiger charge is -2.42. The standard InChI is InChI=1S/C16H22N2O7/c1-17-9(4-5-10(17)19)8-3-2-6-18(7-8)15-13(22)11(20)12(21)14(25-15)16(23)24/h2-3,7,9,11-15,20-22H,4-6H2,1H3,(H,23,24). The number of aliphatic hydroxyl groups is 3. The summed E-state index contributed by atoms with van der Waals surface area (Å²) in [5.74, 6) is -1.60. The largest absolute Gasteiger partial charge is 0.547 e. The van der Waals surface area contributed by atoms with E-state index in [-0.39, 0.29) is 11.9 Å². The van der Waals surface area contributed by atoms with Crippen LogP contribution in [0.25, 0.3) is 0 Å². The topological polar surface area (TPSA) is 135 Å². The number of ether oxygens (including phenoxy) is 1. The summed E-state index contributed by atoms with van der Waals surface area (Å²) in [5, 5.41) is 41.0. The maximum atomic E-state index is 11.7. The van der Waals surface area contributed by atoms with Gasteiger partial charge < -0.3 is 34.9 Å². The van der Waals surface area contributed by atoms with Gasteiger partial charge in [-0.05, 0) is 12.5 Å². The highest BCUT2D eigenvalue weighted by molar-refractivity contribution is 5.79. The number of rotatable bonds is 3. The van der Waals surface area contributed by atoms with E-state index in [0.717, 1.165) is 5.57 Å². The van der Waals surface area contributed by atoms with Crippen LogP contribution in [0.3, 0.4) is 0 Å². The first kappa shape index (κ1) is 18.0. The van der Waals surface area contributed by atoms with E-state index in [2.05, 4.69) is 0 Å². The average Bonchev–Trinajstić information content (AvgIpc) is 2.92. The fourth-order valence-electron chi connectivity index (χ4n) is 3.63. The van der Waals surface area contributed by atoms with Gasteiger partial charge in [-0.25, -0.2) is 0 Å². The molecule has 7 unspecified atom stereocenters. The van der Waals surface area contributed by atoms with E-state index >= 15 is 0 Å². The van der Waals surface area contributed by atoms with E-state index in [1.54, 1.807) is 18.1 Å². The number of carboxylic acids is 1. The molecule has 2 fully saturated rings. The monoisotopic (exact) mass is 354 g/mol. The number of quaternary nitrogens is 1. The Kier molecular flexibility index (Phi) is 4.94. The second kappa shape index (κ2) is 6.85. The smallest absolute Gasteiger partial charge is 0.226 e. The number of nitrogens with zero attached hydrogens (tertiary/aromatic N) is 1. The molecule has 4 N–H and O–H groups in total. The SMILES string of the molecule is CN1C(=O)CCC1C1=C[NH+](C2OC(C(=O)[O-])C(O)C(O)C2O)CC=C1. The lowest BCUT2D eigenvalue weighted by molar-refractivity contribution is -0.904. The van der Waals surface area contributed by atoms with Crippen LogP contribution in [0, 0.1) is 0 Å². The Balaban J connectivity index is 1.81. The number of nitrogens with one attached hydrogen (secondary N) is 1. The normalized spacial score (nSPS) is 41.8. The van der Waals surface area contributed by atoms with Crippen LogP contribution in [-0.2, 0) is 14.3 Å². The first-order chi connectivity index (χ1) is 11.8. The molecule has 2 saturated heterocycles. The lowest BCUT2D eigenvalue weighted by Crippen LogP contribution is -3.15. The number of hydrogen-bond donors (Lipinski definition) is 4. The van der Waals surface area contributed by atoms with Gasteiger partial charge in [0, 0.05) is 19.0 Å². The molecule has 0 spiro atoms. The highest BCUT2D eigenvalue weighted by Gasteiger charge is 2.49. The van der Waals surface area contributed by atoms with E-state index in [1.165, 1.54) is 0 Å². The van der Waals surface area contributed by atoms with E-state index in [9.17, 15) is 30.0 Å². The first-order valence-electron chi connectivity index (χ1n) is 8.21. The zero-order valence-electron chi connectivity index (χ0n) is 13.7. The number of hydrogen-bond acceptors (Lipinski definition) is 7.